The topological polar surface area (TPSA) is 121 Å². The molecule has 0 radical (unpaired) electrons. The second-order valence-corrected chi connectivity index (χ2v) is 9.89. The fourth-order valence-corrected chi connectivity index (χ4v) is 5.46. The van der Waals surface area contributed by atoms with Crippen LogP contribution in [-0.2, 0) is 14.8 Å². The van der Waals surface area contributed by atoms with E-state index in [1.54, 1.807) is 18.2 Å². The van der Waals surface area contributed by atoms with Gasteiger partial charge in [0.1, 0.15) is 0 Å². The predicted octanol–water partition coefficient (Wildman–Crippen LogP) is 2.23. The van der Waals surface area contributed by atoms with Gasteiger partial charge in [-0.05, 0) is 24.3 Å². The summed E-state index contributed by atoms with van der Waals surface area (Å²) >= 11 is 7.31. The van der Waals surface area contributed by atoms with Crippen molar-refractivity contribution < 1.29 is 18.0 Å². The normalized spacial score (nSPS) is 14.8. The quantitative estimate of drug-likeness (QED) is 0.581. The van der Waals surface area contributed by atoms with E-state index in [9.17, 15) is 18.0 Å². The Morgan fingerprint density at radius 2 is 1.97 bits per heavy atom. The van der Waals surface area contributed by atoms with Gasteiger partial charge >= 0.3 is 0 Å². The smallest absolute Gasteiger partial charge is 0.257 e. The molecule has 31 heavy (non-hydrogen) atoms. The van der Waals surface area contributed by atoms with Crippen molar-refractivity contribution in [1.82, 2.24) is 19.8 Å². The lowest BCUT2D eigenvalue weighted by Crippen LogP contribution is -2.49. The van der Waals surface area contributed by atoms with Crippen molar-refractivity contribution in [2.24, 2.45) is 0 Å². The van der Waals surface area contributed by atoms with E-state index >= 15 is 0 Å². The number of carbonyl (C=O) groups is 2. The van der Waals surface area contributed by atoms with Crippen LogP contribution in [0.3, 0.4) is 0 Å². The number of hydrogen-bond donors (Lipinski definition) is 2. The van der Waals surface area contributed by atoms with E-state index in [0.29, 0.717) is 15.6 Å². The zero-order chi connectivity index (χ0) is 22.0. The van der Waals surface area contributed by atoms with E-state index < -0.39 is 15.9 Å². The van der Waals surface area contributed by atoms with E-state index in [4.69, 9.17) is 11.6 Å². The third kappa shape index (κ3) is 4.59. The summed E-state index contributed by atoms with van der Waals surface area (Å²) in [6.45, 7) is 0.150. The molecule has 1 saturated heterocycles. The maximum Gasteiger partial charge on any atom is 0.257 e. The molecular formula is C19H16ClN5O4S2. The number of carbonyl (C=O) groups excluding carboxylic acids is 2. The zero-order valence-electron chi connectivity index (χ0n) is 15.9. The third-order valence-electron chi connectivity index (χ3n) is 4.49. The van der Waals surface area contributed by atoms with Crippen molar-refractivity contribution in [3.05, 3.63) is 59.1 Å². The number of piperazine rings is 1. The molecule has 0 unspecified atom stereocenters. The van der Waals surface area contributed by atoms with Crippen LogP contribution in [0.5, 0.6) is 0 Å². The number of benzene rings is 2. The van der Waals surface area contributed by atoms with Crippen LogP contribution in [0.25, 0.3) is 10.6 Å². The molecule has 0 aliphatic carbocycles. The predicted molar refractivity (Wildman–Crippen MR) is 117 cm³/mol. The molecule has 12 heteroatoms. The molecule has 3 aromatic rings. The van der Waals surface area contributed by atoms with Crippen LogP contribution >= 0.6 is 22.9 Å². The molecule has 1 aliphatic rings. The molecule has 1 fully saturated rings. The Balaban J connectivity index is 1.53. The molecule has 160 valence electrons. The molecule has 2 amide bonds. The molecular weight excluding hydrogens is 462 g/mol. The summed E-state index contributed by atoms with van der Waals surface area (Å²) in [4.78, 5) is 24.2. The molecule has 0 atom stereocenters. The highest BCUT2D eigenvalue weighted by Crippen LogP contribution is 2.31. The number of sulfonamides is 1. The summed E-state index contributed by atoms with van der Waals surface area (Å²) < 4.78 is 26.8. The summed E-state index contributed by atoms with van der Waals surface area (Å²) in [5, 5.41) is 14.5. The Kier molecular flexibility index (Phi) is 6.01. The molecule has 9 nitrogen and oxygen atoms in total. The van der Waals surface area contributed by atoms with Crippen LogP contribution in [0, 0.1) is 0 Å². The number of aromatic nitrogens is 2. The Bertz CT molecular complexity index is 1260. The molecule has 4 rings (SSSR count). The highest BCUT2D eigenvalue weighted by molar-refractivity contribution is 7.89. The van der Waals surface area contributed by atoms with Crippen LogP contribution < -0.4 is 10.6 Å². The highest BCUT2D eigenvalue weighted by Gasteiger charge is 2.29. The summed E-state index contributed by atoms with van der Waals surface area (Å²) in [6, 6.07) is 12.8. The summed E-state index contributed by atoms with van der Waals surface area (Å²) in [5.41, 5.74) is 0.831. The molecule has 2 heterocycles. The minimum atomic E-state index is -3.91. The third-order valence-corrected chi connectivity index (χ3v) is 7.53. The van der Waals surface area contributed by atoms with Gasteiger partial charge in [-0.25, -0.2) is 8.42 Å². The fraction of sp³-hybridized carbons (Fsp3) is 0.158. The minimum absolute atomic E-state index is 0.0659. The second kappa shape index (κ2) is 8.71. The minimum Gasteiger partial charge on any atom is -0.354 e. The molecule has 0 bridgehead atoms. The Labute approximate surface area is 187 Å². The number of nitrogens with zero attached hydrogens (tertiary/aromatic N) is 3. The average molecular weight is 478 g/mol. The zero-order valence-corrected chi connectivity index (χ0v) is 18.3. The Morgan fingerprint density at radius 3 is 2.74 bits per heavy atom. The van der Waals surface area contributed by atoms with Gasteiger partial charge in [-0.2, -0.15) is 4.31 Å². The molecule has 1 aromatic heterocycles. The second-order valence-electron chi connectivity index (χ2n) is 6.56. The van der Waals surface area contributed by atoms with E-state index in [1.165, 1.54) is 24.3 Å². The summed E-state index contributed by atoms with van der Waals surface area (Å²) in [7, 11) is -3.91. The number of anilines is 1. The number of halogens is 1. The maximum atomic E-state index is 12.8. The lowest BCUT2D eigenvalue weighted by atomic mass is 10.2. The van der Waals surface area contributed by atoms with Gasteiger partial charge in [0.2, 0.25) is 21.1 Å². The van der Waals surface area contributed by atoms with E-state index in [1.807, 2.05) is 6.07 Å². The SMILES string of the molecule is O=C1CN(S(=O)(=O)c2cccc(C(=O)Nc3nnc(-c4ccccc4Cl)s3)c2)CCN1. The molecule has 2 aromatic carbocycles. The van der Waals surface area contributed by atoms with E-state index in [2.05, 4.69) is 20.8 Å². The van der Waals surface area contributed by atoms with Crippen molar-refractivity contribution >= 4 is 49.9 Å². The number of rotatable bonds is 5. The van der Waals surface area contributed by atoms with Crippen LogP contribution in [0.4, 0.5) is 5.13 Å². The Hall–Kier alpha value is -2.86. The van der Waals surface area contributed by atoms with E-state index in [-0.39, 0.29) is 41.1 Å². The van der Waals surface area contributed by atoms with Gasteiger partial charge < -0.3 is 5.32 Å². The lowest BCUT2D eigenvalue weighted by molar-refractivity contribution is -0.122. The molecule has 1 aliphatic heterocycles. The molecule has 0 saturated carbocycles. The first kappa shape index (κ1) is 21.4. The van der Waals surface area contributed by atoms with Gasteiger partial charge in [-0.15, -0.1) is 10.2 Å². The average Bonchev–Trinajstić information content (AvgIpc) is 3.22. The number of amides is 2. The van der Waals surface area contributed by atoms with Crippen LogP contribution in [-0.4, -0.2) is 54.4 Å². The first-order chi connectivity index (χ1) is 14.8. The maximum absolute atomic E-state index is 12.8. The lowest BCUT2D eigenvalue weighted by Gasteiger charge is -2.26. The highest BCUT2D eigenvalue weighted by atomic mass is 35.5. The first-order valence-corrected chi connectivity index (χ1v) is 11.7. The van der Waals surface area contributed by atoms with E-state index in [0.717, 1.165) is 15.6 Å². The van der Waals surface area contributed by atoms with Gasteiger partial charge in [0.05, 0.1) is 16.5 Å². The molecule has 0 spiro atoms. The van der Waals surface area contributed by atoms with Crippen LogP contribution in [0.15, 0.2) is 53.4 Å². The van der Waals surface area contributed by atoms with Crippen molar-refractivity contribution in [1.29, 1.82) is 0 Å². The first-order valence-electron chi connectivity index (χ1n) is 9.11. The van der Waals surface area contributed by atoms with Gasteiger partial charge in [0.15, 0.2) is 5.01 Å². The fourth-order valence-electron chi connectivity index (χ4n) is 2.95. The monoisotopic (exact) mass is 477 g/mol. The van der Waals surface area contributed by atoms with Gasteiger partial charge in [-0.3, -0.25) is 14.9 Å². The van der Waals surface area contributed by atoms with Crippen molar-refractivity contribution in [3.63, 3.8) is 0 Å². The molecule has 2 N–H and O–H groups in total. The Morgan fingerprint density at radius 1 is 1.16 bits per heavy atom. The standard InChI is InChI=1S/C19H16ClN5O4S2/c20-15-7-2-1-6-14(15)18-23-24-19(30-18)22-17(27)12-4-3-5-13(10-12)31(28,29)25-9-8-21-16(26)11-25/h1-7,10H,8-9,11H2,(H,21,26)(H,22,24,27). The van der Waals surface area contributed by atoms with Crippen molar-refractivity contribution in [2.75, 3.05) is 25.0 Å². The van der Waals surface area contributed by atoms with Crippen molar-refractivity contribution in [3.8, 4) is 10.6 Å². The van der Waals surface area contributed by atoms with Gasteiger partial charge in [0.25, 0.3) is 5.91 Å². The van der Waals surface area contributed by atoms with Crippen molar-refractivity contribution in [2.45, 2.75) is 4.90 Å². The van der Waals surface area contributed by atoms with Gasteiger partial charge in [-0.1, -0.05) is 47.2 Å². The van der Waals surface area contributed by atoms with Gasteiger partial charge in [0, 0.05) is 24.2 Å². The summed E-state index contributed by atoms with van der Waals surface area (Å²) in [5.74, 6) is -0.899. The summed E-state index contributed by atoms with van der Waals surface area (Å²) in [6.07, 6.45) is 0. The number of hydrogen-bond acceptors (Lipinski definition) is 7. The van der Waals surface area contributed by atoms with Crippen LogP contribution in [0.1, 0.15) is 10.4 Å². The number of nitrogens with one attached hydrogen (secondary N) is 2. The van der Waals surface area contributed by atoms with Crippen LogP contribution in [0.2, 0.25) is 5.02 Å². The largest absolute Gasteiger partial charge is 0.354 e.